The molecule has 0 N–H and O–H groups in total. The first kappa shape index (κ1) is 21.5. The van der Waals surface area contributed by atoms with Gasteiger partial charge >= 0.3 is 143 Å². The van der Waals surface area contributed by atoms with Crippen LogP contribution < -0.4 is 0 Å². The maximum absolute atomic E-state index is 2.30. The van der Waals surface area contributed by atoms with Gasteiger partial charge in [-0.2, -0.15) is 0 Å². The van der Waals surface area contributed by atoms with Crippen LogP contribution in [0.15, 0.2) is 0 Å². The van der Waals surface area contributed by atoms with Crippen molar-refractivity contribution < 1.29 is 0 Å². The third-order valence-electron chi connectivity index (χ3n) is 4.41. The van der Waals surface area contributed by atoms with Crippen molar-refractivity contribution in [3.63, 3.8) is 0 Å². The van der Waals surface area contributed by atoms with Gasteiger partial charge in [-0.15, -0.1) is 0 Å². The fourth-order valence-electron chi connectivity index (χ4n) is 2.89. The van der Waals surface area contributed by atoms with E-state index in [0.717, 1.165) is 0 Å². The van der Waals surface area contributed by atoms with Gasteiger partial charge in [0, 0.05) is 0 Å². The third-order valence-corrected chi connectivity index (χ3v) is 7.38. The quantitative estimate of drug-likeness (QED) is 0.174. The molecule has 0 aromatic rings. The summed E-state index contributed by atoms with van der Waals surface area (Å²) in [4.78, 5) is 0. The number of hydrogen-bond donors (Lipinski definition) is 0. The number of unbranched alkanes of at least 4 members (excludes halogenated alkanes) is 14. The Kier molecular flexibility index (Phi) is 21.1. The molecule has 0 spiro atoms. The molecule has 0 aromatic carbocycles. The van der Waals surface area contributed by atoms with Crippen molar-refractivity contribution in [3.8, 4) is 0 Å². The summed E-state index contributed by atoms with van der Waals surface area (Å²) in [7, 11) is 0. The van der Waals surface area contributed by atoms with Crippen molar-refractivity contribution in [2.45, 2.75) is 127 Å². The molecule has 0 atom stereocenters. The molecule has 0 heterocycles. The average molecular weight is 355 g/mol. The van der Waals surface area contributed by atoms with Crippen LogP contribution in [0.2, 0.25) is 10.5 Å². The fourth-order valence-corrected chi connectivity index (χ4v) is 5.52. The van der Waals surface area contributed by atoms with Gasteiger partial charge in [0.1, 0.15) is 0 Å². The molecule has 2 radical (unpaired) electrons. The van der Waals surface area contributed by atoms with Gasteiger partial charge in [-0.3, -0.25) is 0 Å². The summed E-state index contributed by atoms with van der Waals surface area (Å²) in [5.41, 5.74) is 0. The molecule has 0 aromatic heterocycles. The zero-order valence-electron chi connectivity index (χ0n) is 15.2. The summed E-state index contributed by atoms with van der Waals surface area (Å²) in [6.45, 7) is 4.60. The molecule has 0 fully saturated rings. The van der Waals surface area contributed by atoms with E-state index in [-0.39, 0.29) is 0 Å². The van der Waals surface area contributed by atoms with Crippen molar-refractivity contribution >= 4 is 15.4 Å². The molecule has 0 unspecified atom stereocenters. The molecule has 0 rings (SSSR count). The van der Waals surface area contributed by atoms with Crippen LogP contribution in [0.25, 0.3) is 0 Å². The summed E-state index contributed by atoms with van der Waals surface area (Å²) in [5.74, 6) is 0. The van der Waals surface area contributed by atoms with Gasteiger partial charge in [0.15, 0.2) is 0 Å². The van der Waals surface area contributed by atoms with E-state index in [1.54, 1.807) is 23.3 Å². The summed E-state index contributed by atoms with van der Waals surface area (Å²) >= 11 is 0.434. The topological polar surface area (TPSA) is 0 Å². The van der Waals surface area contributed by atoms with Gasteiger partial charge in [0.05, 0.1) is 0 Å². The summed E-state index contributed by atoms with van der Waals surface area (Å²) in [5, 5.41) is 3.23. The van der Waals surface area contributed by atoms with Gasteiger partial charge in [-0.25, -0.2) is 0 Å². The van der Waals surface area contributed by atoms with E-state index < -0.39 is 0 Å². The van der Waals surface area contributed by atoms with Crippen molar-refractivity contribution in [1.82, 2.24) is 0 Å². The molecular weight excluding hydrogens is 313 g/mol. The molecule has 21 heavy (non-hydrogen) atoms. The molecule has 1 heteroatoms. The van der Waals surface area contributed by atoms with Crippen molar-refractivity contribution in [3.05, 3.63) is 0 Å². The molecule has 0 bridgehead atoms. The van der Waals surface area contributed by atoms with Crippen LogP contribution >= 0.6 is 0 Å². The second-order valence-corrected chi connectivity index (χ2v) is 9.85. The predicted molar refractivity (Wildman–Crippen MR) is 101 cm³/mol. The molecular formula is C20H42Ge. The zero-order chi connectivity index (χ0) is 15.4. The van der Waals surface area contributed by atoms with Crippen LogP contribution in [0.5, 0.6) is 0 Å². The van der Waals surface area contributed by atoms with Crippen molar-refractivity contribution in [1.29, 1.82) is 0 Å². The monoisotopic (exact) mass is 356 g/mol. The molecule has 0 amide bonds. The fraction of sp³-hybridized carbons (Fsp3) is 1.00. The summed E-state index contributed by atoms with van der Waals surface area (Å²) in [6.07, 6.45) is 23.7. The van der Waals surface area contributed by atoms with Crippen LogP contribution in [-0.2, 0) is 0 Å². The second kappa shape index (κ2) is 20.5. The first-order valence-corrected chi connectivity index (χ1v) is 13.1. The Morgan fingerprint density at radius 3 is 1.00 bits per heavy atom. The Morgan fingerprint density at radius 2 is 0.667 bits per heavy atom. The van der Waals surface area contributed by atoms with Gasteiger partial charge in [-0.05, 0) is 0 Å². The Balaban J connectivity index is 2.90. The molecule has 0 aliphatic rings. The molecule has 0 saturated heterocycles. The normalized spacial score (nSPS) is 11.1. The van der Waals surface area contributed by atoms with E-state index in [4.69, 9.17) is 0 Å². The molecule has 126 valence electrons. The third kappa shape index (κ3) is 20.5. The number of rotatable bonds is 18. The number of hydrogen-bond acceptors (Lipinski definition) is 0. The first-order valence-electron chi connectivity index (χ1n) is 10.1. The molecule has 0 saturated carbocycles. The first-order chi connectivity index (χ1) is 10.4. The molecule has 0 nitrogen and oxygen atoms in total. The summed E-state index contributed by atoms with van der Waals surface area (Å²) in [6, 6.07) is 0. The Morgan fingerprint density at radius 1 is 0.381 bits per heavy atom. The zero-order valence-corrected chi connectivity index (χ0v) is 17.3. The van der Waals surface area contributed by atoms with E-state index in [9.17, 15) is 0 Å². The van der Waals surface area contributed by atoms with E-state index in [0.29, 0.717) is 15.4 Å². The van der Waals surface area contributed by atoms with Crippen LogP contribution in [0.1, 0.15) is 117 Å². The maximum atomic E-state index is 2.30. The SMILES string of the molecule is CCCCCCCCC[CH2][Ge][CH2]CCCCCCCCC. The molecule has 0 aliphatic carbocycles. The van der Waals surface area contributed by atoms with E-state index >= 15 is 0 Å². The van der Waals surface area contributed by atoms with Crippen molar-refractivity contribution in [2.75, 3.05) is 0 Å². The van der Waals surface area contributed by atoms with Crippen LogP contribution in [0.3, 0.4) is 0 Å². The van der Waals surface area contributed by atoms with Gasteiger partial charge in [0.2, 0.25) is 0 Å². The Labute approximate surface area is 142 Å². The predicted octanol–water partition coefficient (Wildman–Crippen LogP) is 7.81. The van der Waals surface area contributed by atoms with Crippen molar-refractivity contribution in [2.24, 2.45) is 0 Å². The van der Waals surface area contributed by atoms with Gasteiger partial charge in [-0.1, -0.05) is 0 Å². The van der Waals surface area contributed by atoms with Gasteiger partial charge < -0.3 is 0 Å². The average Bonchev–Trinajstić information content (AvgIpc) is 2.50. The Hall–Kier alpha value is 0.543. The second-order valence-electron chi connectivity index (χ2n) is 6.70. The van der Waals surface area contributed by atoms with Crippen LogP contribution in [0, 0.1) is 0 Å². The van der Waals surface area contributed by atoms with Gasteiger partial charge in [0.25, 0.3) is 0 Å². The minimum absolute atomic E-state index is 0.434. The Bertz CT molecular complexity index is 149. The minimum atomic E-state index is 0.434. The summed E-state index contributed by atoms with van der Waals surface area (Å²) < 4.78 is 0. The standard InChI is InChI=1S/C20H42Ge/c1-3-5-7-9-11-13-15-17-19-21-20-18-16-14-12-10-8-6-4-2/h3-20H2,1-2H3. The van der Waals surface area contributed by atoms with Crippen LogP contribution in [-0.4, -0.2) is 15.4 Å². The van der Waals surface area contributed by atoms with E-state index in [1.165, 1.54) is 89.9 Å². The van der Waals surface area contributed by atoms with E-state index in [2.05, 4.69) is 13.8 Å². The van der Waals surface area contributed by atoms with E-state index in [1.807, 2.05) is 0 Å². The molecule has 0 aliphatic heterocycles. The van der Waals surface area contributed by atoms with Crippen LogP contribution in [0.4, 0.5) is 0 Å².